The van der Waals surface area contributed by atoms with E-state index in [0.717, 1.165) is 5.56 Å². The van der Waals surface area contributed by atoms with Crippen LogP contribution in [0.1, 0.15) is 49.2 Å². The lowest BCUT2D eigenvalue weighted by molar-refractivity contribution is -0.152. The van der Waals surface area contributed by atoms with Crippen LogP contribution in [0, 0.1) is 11.3 Å². The van der Waals surface area contributed by atoms with Crippen molar-refractivity contribution in [3.05, 3.63) is 65.2 Å². The molecule has 0 spiro atoms. The van der Waals surface area contributed by atoms with Crippen molar-refractivity contribution in [3.63, 3.8) is 0 Å². The van der Waals surface area contributed by atoms with Crippen molar-refractivity contribution in [3.8, 4) is 6.07 Å². The van der Waals surface area contributed by atoms with Crippen LogP contribution in [0.15, 0.2) is 48.5 Å². The highest BCUT2D eigenvalue weighted by Crippen LogP contribution is 2.22. The van der Waals surface area contributed by atoms with Crippen LogP contribution in [-0.2, 0) is 19.7 Å². The minimum absolute atomic E-state index is 0.0206. The molecule has 0 fully saturated rings. The molecule has 0 aliphatic carbocycles. The maximum atomic E-state index is 12.2. The fourth-order valence-corrected chi connectivity index (χ4v) is 2.54. The molecular formula is C23H25N3O4. The Morgan fingerprint density at radius 3 is 2.17 bits per heavy atom. The first-order valence-corrected chi connectivity index (χ1v) is 9.49. The molecule has 0 saturated heterocycles. The standard InChI is InChI=1S/C23H25N3O4/c1-15(21(28)26-19-11-5-16(13-24)6-12-19)30-20(27)14-25-22(29)17-7-9-18(10-8-17)23(2,3)4/h5-12,15H,14H2,1-4H3,(H,25,29)(H,26,28)/t15-/m1/s1. The number of nitrogens with one attached hydrogen (secondary N) is 2. The summed E-state index contributed by atoms with van der Waals surface area (Å²) >= 11 is 0. The zero-order chi connectivity index (χ0) is 22.3. The second-order valence-electron chi connectivity index (χ2n) is 7.82. The molecule has 0 heterocycles. The van der Waals surface area contributed by atoms with E-state index in [1.807, 2.05) is 18.2 Å². The van der Waals surface area contributed by atoms with Crippen LogP contribution < -0.4 is 10.6 Å². The van der Waals surface area contributed by atoms with Gasteiger partial charge in [-0.15, -0.1) is 0 Å². The molecule has 0 aliphatic rings. The molecule has 156 valence electrons. The van der Waals surface area contributed by atoms with Gasteiger partial charge in [-0.2, -0.15) is 5.26 Å². The molecule has 0 radical (unpaired) electrons. The third-order valence-electron chi connectivity index (χ3n) is 4.37. The zero-order valence-corrected chi connectivity index (χ0v) is 17.5. The lowest BCUT2D eigenvalue weighted by Gasteiger charge is -2.19. The van der Waals surface area contributed by atoms with Crippen molar-refractivity contribution in [1.82, 2.24) is 5.32 Å². The van der Waals surface area contributed by atoms with Crippen LogP contribution in [0.5, 0.6) is 0 Å². The van der Waals surface area contributed by atoms with Crippen molar-refractivity contribution in [2.24, 2.45) is 0 Å². The maximum absolute atomic E-state index is 12.2. The Balaban J connectivity index is 1.82. The third kappa shape index (κ3) is 6.45. The minimum Gasteiger partial charge on any atom is -0.451 e. The van der Waals surface area contributed by atoms with Gasteiger partial charge in [-0.05, 0) is 54.3 Å². The van der Waals surface area contributed by atoms with Gasteiger partial charge in [0.1, 0.15) is 6.54 Å². The number of anilines is 1. The van der Waals surface area contributed by atoms with E-state index < -0.39 is 23.9 Å². The predicted molar refractivity (Wildman–Crippen MR) is 113 cm³/mol. The fourth-order valence-electron chi connectivity index (χ4n) is 2.54. The summed E-state index contributed by atoms with van der Waals surface area (Å²) in [6, 6.07) is 15.4. The summed E-state index contributed by atoms with van der Waals surface area (Å²) in [6.07, 6.45) is -1.05. The number of hydrogen-bond donors (Lipinski definition) is 2. The molecule has 0 unspecified atom stereocenters. The molecule has 2 N–H and O–H groups in total. The van der Waals surface area contributed by atoms with Gasteiger partial charge in [0.15, 0.2) is 6.10 Å². The molecule has 0 bridgehead atoms. The number of rotatable bonds is 6. The van der Waals surface area contributed by atoms with Gasteiger partial charge in [-0.3, -0.25) is 14.4 Å². The molecule has 2 aromatic rings. The van der Waals surface area contributed by atoms with Gasteiger partial charge < -0.3 is 15.4 Å². The highest BCUT2D eigenvalue weighted by molar-refractivity contribution is 5.97. The van der Waals surface area contributed by atoms with Crippen LogP contribution in [0.25, 0.3) is 0 Å². The average Bonchev–Trinajstić information content (AvgIpc) is 2.72. The van der Waals surface area contributed by atoms with Gasteiger partial charge in [-0.25, -0.2) is 0 Å². The van der Waals surface area contributed by atoms with E-state index in [0.29, 0.717) is 16.8 Å². The highest BCUT2D eigenvalue weighted by Gasteiger charge is 2.19. The first-order chi connectivity index (χ1) is 14.1. The number of nitrogens with zero attached hydrogens (tertiary/aromatic N) is 1. The second-order valence-corrected chi connectivity index (χ2v) is 7.82. The van der Waals surface area contributed by atoms with Crippen molar-refractivity contribution in [2.75, 3.05) is 11.9 Å². The number of nitriles is 1. The van der Waals surface area contributed by atoms with E-state index in [1.165, 1.54) is 6.92 Å². The number of ether oxygens (including phenoxy) is 1. The number of esters is 1. The predicted octanol–water partition coefficient (Wildman–Crippen LogP) is 3.16. The van der Waals surface area contributed by atoms with Crippen molar-refractivity contribution in [1.29, 1.82) is 5.26 Å². The topological polar surface area (TPSA) is 108 Å². The Morgan fingerprint density at radius 2 is 1.63 bits per heavy atom. The number of carbonyl (C=O) groups is 3. The van der Waals surface area contributed by atoms with Gasteiger partial charge in [0.2, 0.25) is 0 Å². The molecule has 7 heteroatoms. The van der Waals surface area contributed by atoms with E-state index in [2.05, 4.69) is 31.4 Å². The molecule has 0 aliphatic heterocycles. The summed E-state index contributed by atoms with van der Waals surface area (Å²) in [4.78, 5) is 36.3. The minimum atomic E-state index is -1.05. The number of amides is 2. The monoisotopic (exact) mass is 407 g/mol. The van der Waals surface area contributed by atoms with Crippen LogP contribution in [0.2, 0.25) is 0 Å². The van der Waals surface area contributed by atoms with Gasteiger partial charge in [0.25, 0.3) is 11.8 Å². The lowest BCUT2D eigenvalue weighted by atomic mass is 9.87. The maximum Gasteiger partial charge on any atom is 0.326 e. The molecule has 2 amide bonds. The van der Waals surface area contributed by atoms with Gasteiger partial charge in [-0.1, -0.05) is 32.9 Å². The van der Waals surface area contributed by atoms with Crippen LogP contribution in [0.4, 0.5) is 5.69 Å². The van der Waals surface area contributed by atoms with E-state index in [9.17, 15) is 14.4 Å². The summed E-state index contributed by atoms with van der Waals surface area (Å²) in [5.41, 5.74) is 2.46. The van der Waals surface area contributed by atoms with E-state index in [-0.39, 0.29) is 12.0 Å². The first kappa shape index (κ1) is 22.6. The molecule has 0 saturated carbocycles. The Morgan fingerprint density at radius 1 is 1.03 bits per heavy atom. The van der Waals surface area contributed by atoms with Crippen molar-refractivity contribution >= 4 is 23.5 Å². The van der Waals surface area contributed by atoms with E-state index in [1.54, 1.807) is 36.4 Å². The Labute approximate surface area is 176 Å². The van der Waals surface area contributed by atoms with Gasteiger partial charge in [0, 0.05) is 11.3 Å². The van der Waals surface area contributed by atoms with Gasteiger partial charge in [0.05, 0.1) is 11.6 Å². The number of carbonyl (C=O) groups excluding carboxylic acids is 3. The molecule has 2 aromatic carbocycles. The Bertz CT molecular complexity index is 952. The second kappa shape index (κ2) is 9.70. The van der Waals surface area contributed by atoms with Gasteiger partial charge >= 0.3 is 5.97 Å². The number of benzene rings is 2. The molecule has 0 aromatic heterocycles. The first-order valence-electron chi connectivity index (χ1n) is 9.49. The molecule has 2 rings (SSSR count). The number of hydrogen-bond acceptors (Lipinski definition) is 5. The normalized spacial score (nSPS) is 11.7. The van der Waals surface area contributed by atoms with Crippen molar-refractivity contribution in [2.45, 2.75) is 39.2 Å². The molecule has 1 atom stereocenters. The smallest absolute Gasteiger partial charge is 0.326 e. The average molecular weight is 407 g/mol. The van der Waals surface area contributed by atoms with Crippen molar-refractivity contribution < 1.29 is 19.1 Å². The third-order valence-corrected chi connectivity index (χ3v) is 4.37. The largest absolute Gasteiger partial charge is 0.451 e. The summed E-state index contributed by atoms with van der Waals surface area (Å²) in [5, 5.41) is 13.9. The van der Waals surface area contributed by atoms with Crippen LogP contribution >= 0.6 is 0 Å². The van der Waals surface area contributed by atoms with Crippen LogP contribution in [0.3, 0.4) is 0 Å². The SMILES string of the molecule is C[C@@H](OC(=O)CNC(=O)c1ccc(C(C)(C)C)cc1)C(=O)Nc1ccc(C#N)cc1. The summed E-state index contributed by atoms with van der Waals surface area (Å²) in [5.74, 6) is -1.64. The van der Waals surface area contributed by atoms with Crippen LogP contribution in [-0.4, -0.2) is 30.4 Å². The van der Waals surface area contributed by atoms with E-state index in [4.69, 9.17) is 10.00 Å². The highest BCUT2D eigenvalue weighted by atomic mass is 16.5. The quantitative estimate of drug-likeness (QED) is 0.715. The Hall–Kier alpha value is -3.66. The summed E-state index contributed by atoms with van der Waals surface area (Å²) in [7, 11) is 0. The lowest BCUT2D eigenvalue weighted by Crippen LogP contribution is -2.35. The summed E-state index contributed by atoms with van der Waals surface area (Å²) < 4.78 is 5.06. The Kier molecular flexibility index (Phi) is 7.32. The summed E-state index contributed by atoms with van der Waals surface area (Å²) in [6.45, 7) is 7.32. The molecular weight excluding hydrogens is 382 g/mol. The molecule has 7 nitrogen and oxygen atoms in total. The fraction of sp³-hybridized carbons (Fsp3) is 0.304. The van der Waals surface area contributed by atoms with E-state index >= 15 is 0 Å². The zero-order valence-electron chi connectivity index (χ0n) is 17.5. The molecule has 30 heavy (non-hydrogen) atoms.